The van der Waals surface area contributed by atoms with Gasteiger partial charge in [-0.3, -0.25) is 14.9 Å². The summed E-state index contributed by atoms with van der Waals surface area (Å²) in [5, 5.41) is 11.8. The molecule has 1 saturated carbocycles. The van der Waals surface area contributed by atoms with E-state index in [-0.39, 0.29) is 28.9 Å². The Hall–Kier alpha value is -2.81. The Kier molecular flexibility index (Phi) is 6.26. The lowest BCUT2D eigenvalue weighted by Crippen LogP contribution is -2.33. The summed E-state index contributed by atoms with van der Waals surface area (Å²) in [5.74, 6) is -0.323. The van der Waals surface area contributed by atoms with Crippen LogP contribution in [0.1, 0.15) is 28.8 Å². The van der Waals surface area contributed by atoms with Crippen LogP contribution in [0.5, 0.6) is 17.2 Å². The topological polar surface area (TPSA) is 91.1 Å². The summed E-state index contributed by atoms with van der Waals surface area (Å²) in [6, 6.07) is 9.01. The first-order valence-electron chi connectivity index (χ1n) is 8.94. The van der Waals surface area contributed by atoms with Gasteiger partial charge in [-0.25, -0.2) is 0 Å². The number of benzene rings is 2. The number of hydrogen-bond acceptors (Lipinski definition) is 6. The second kappa shape index (κ2) is 8.69. The largest absolute Gasteiger partial charge is 0.493 e. The van der Waals surface area contributed by atoms with E-state index in [1.165, 1.54) is 27.4 Å². The van der Waals surface area contributed by atoms with Gasteiger partial charge in [0, 0.05) is 23.1 Å². The number of amides is 1. The molecule has 8 nitrogen and oxygen atoms in total. The molecule has 0 atom stereocenters. The van der Waals surface area contributed by atoms with Gasteiger partial charge in [0.2, 0.25) is 11.5 Å². The summed E-state index contributed by atoms with van der Waals surface area (Å²) in [5.41, 5.74) is 0.399. The van der Waals surface area contributed by atoms with Crippen molar-refractivity contribution in [1.82, 2.24) is 4.90 Å². The molecule has 0 saturated heterocycles. The van der Waals surface area contributed by atoms with Crippen LogP contribution in [0.4, 0.5) is 5.69 Å². The van der Waals surface area contributed by atoms with E-state index in [0.717, 1.165) is 22.9 Å². The van der Waals surface area contributed by atoms with Crippen LogP contribution < -0.4 is 14.2 Å². The summed E-state index contributed by atoms with van der Waals surface area (Å²) in [6.45, 7) is 0.344. The first-order valence-corrected chi connectivity index (χ1v) is 9.73. The van der Waals surface area contributed by atoms with Crippen molar-refractivity contribution in [3.63, 3.8) is 0 Å². The van der Waals surface area contributed by atoms with Gasteiger partial charge < -0.3 is 19.1 Å². The summed E-state index contributed by atoms with van der Waals surface area (Å²) >= 11 is 3.43. The number of nitro groups is 1. The number of ether oxygens (including phenoxy) is 3. The number of halogens is 1. The summed E-state index contributed by atoms with van der Waals surface area (Å²) in [4.78, 5) is 26.3. The van der Waals surface area contributed by atoms with Gasteiger partial charge in [0.25, 0.3) is 5.91 Å². The van der Waals surface area contributed by atoms with Crippen LogP contribution in [-0.4, -0.2) is 43.1 Å². The fourth-order valence-corrected chi connectivity index (χ4v) is 3.67. The molecule has 0 heterocycles. The minimum atomic E-state index is -0.627. The molecule has 154 valence electrons. The second-order valence-corrected chi connectivity index (χ2v) is 7.51. The lowest BCUT2D eigenvalue weighted by atomic mass is 10.1. The van der Waals surface area contributed by atoms with Crippen LogP contribution >= 0.6 is 15.9 Å². The molecular weight excluding hydrogens is 444 g/mol. The van der Waals surface area contributed by atoms with Crippen LogP contribution in [0.2, 0.25) is 0 Å². The number of methoxy groups -OCH3 is 3. The van der Waals surface area contributed by atoms with Gasteiger partial charge in [0.15, 0.2) is 5.75 Å². The van der Waals surface area contributed by atoms with Crippen LogP contribution in [0, 0.1) is 10.1 Å². The van der Waals surface area contributed by atoms with E-state index in [2.05, 4.69) is 15.9 Å². The molecule has 0 radical (unpaired) electrons. The lowest BCUT2D eigenvalue weighted by molar-refractivity contribution is -0.386. The molecule has 3 rings (SSSR count). The highest BCUT2D eigenvalue weighted by Gasteiger charge is 2.39. The van der Waals surface area contributed by atoms with Crippen molar-refractivity contribution in [2.75, 3.05) is 21.3 Å². The molecule has 0 aliphatic heterocycles. The van der Waals surface area contributed by atoms with E-state index < -0.39 is 16.5 Å². The normalized spacial score (nSPS) is 13.0. The van der Waals surface area contributed by atoms with Gasteiger partial charge in [0.05, 0.1) is 26.3 Å². The fourth-order valence-electron chi connectivity index (χ4n) is 3.22. The highest BCUT2D eigenvalue weighted by Crippen LogP contribution is 2.47. The van der Waals surface area contributed by atoms with E-state index in [1.807, 2.05) is 24.3 Å². The van der Waals surface area contributed by atoms with Crippen molar-refractivity contribution in [2.45, 2.75) is 25.4 Å². The molecule has 1 aliphatic rings. The Balaban J connectivity index is 2.09. The number of carbonyl (C=O) groups excluding carboxylic acids is 1. The van der Waals surface area contributed by atoms with E-state index >= 15 is 0 Å². The van der Waals surface area contributed by atoms with Crippen molar-refractivity contribution in [1.29, 1.82) is 0 Å². The Morgan fingerprint density at radius 1 is 1.17 bits per heavy atom. The van der Waals surface area contributed by atoms with Gasteiger partial charge in [-0.15, -0.1) is 0 Å². The predicted octanol–water partition coefficient (Wildman–Crippen LogP) is 4.19. The van der Waals surface area contributed by atoms with Gasteiger partial charge in [0.1, 0.15) is 5.56 Å². The second-order valence-electron chi connectivity index (χ2n) is 6.59. The van der Waals surface area contributed by atoms with Gasteiger partial charge in [-0.1, -0.05) is 28.1 Å². The smallest absolute Gasteiger partial charge is 0.327 e. The monoisotopic (exact) mass is 464 g/mol. The van der Waals surface area contributed by atoms with Gasteiger partial charge in [-0.2, -0.15) is 0 Å². The van der Waals surface area contributed by atoms with Crippen LogP contribution in [0.25, 0.3) is 0 Å². The van der Waals surface area contributed by atoms with Crippen molar-refractivity contribution in [3.05, 3.63) is 56.0 Å². The maximum Gasteiger partial charge on any atom is 0.327 e. The van der Waals surface area contributed by atoms with Crippen molar-refractivity contribution < 1.29 is 23.9 Å². The van der Waals surface area contributed by atoms with E-state index in [0.29, 0.717) is 6.54 Å². The zero-order chi connectivity index (χ0) is 21.1. The van der Waals surface area contributed by atoms with Crippen molar-refractivity contribution >= 4 is 27.5 Å². The minimum absolute atomic E-state index is 0.0418. The number of carbonyl (C=O) groups is 1. The van der Waals surface area contributed by atoms with E-state index in [4.69, 9.17) is 14.2 Å². The number of nitrogens with zero attached hydrogens (tertiary/aromatic N) is 2. The van der Waals surface area contributed by atoms with Crippen molar-refractivity contribution in [3.8, 4) is 17.2 Å². The van der Waals surface area contributed by atoms with E-state index in [1.54, 1.807) is 4.90 Å². The molecule has 29 heavy (non-hydrogen) atoms. The van der Waals surface area contributed by atoms with Gasteiger partial charge >= 0.3 is 5.69 Å². The Bertz CT molecular complexity index is 945. The number of hydrogen-bond donors (Lipinski definition) is 0. The van der Waals surface area contributed by atoms with E-state index in [9.17, 15) is 14.9 Å². The Morgan fingerprint density at radius 3 is 2.38 bits per heavy atom. The van der Waals surface area contributed by atoms with Crippen LogP contribution in [0.15, 0.2) is 34.8 Å². The standard InChI is InChI=1S/C20H21BrN2O6/c1-27-16-10-15(17(23(25)26)19(29-3)18(16)28-2)20(24)22(14-7-8-14)11-12-5-4-6-13(21)9-12/h4-6,9-10,14H,7-8,11H2,1-3H3. The molecule has 1 aliphatic carbocycles. The molecule has 0 aromatic heterocycles. The zero-order valence-electron chi connectivity index (χ0n) is 16.3. The average molecular weight is 465 g/mol. The highest BCUT2D eigenvalue weighted by atomic mass is 79.9. The first kappa shape index (κ1) is 20.9. The summed E-state index contributed by atoms with van der Waals surface area (Å²) in [6.07, 6.45) is 1.72. The molecule has 2 aromatic rings. The first-order chi connectivity index (χ1) is 13.9. The molecule has 1 fully saturated rings. The molecule has 9 heteroatoms. The molecule has 2 aromatic carbocycles. The maximum absolute atomic E-state index is 13.4. The average Bonchev–Trinajstić information content (AvgIpc) is 3.54. The zero-order valence-corrected chi connectivity index (χ0v) is 17.9. The third-order valence-electron chi connectivity index (χ3n) is 4.71. The third-order valence-corrected chi connectivity index (χ3v) is 5.20. The van der Waals surface area contributed by atoms with Crippen molar-refractivity contribution in [2.24, 2.45) is 0 Å². The Labute approximate surface area is 176 Å². The molecule has 0 N–H and O–H groups in total. The highest BCUT2D eigenvalue weighted by molar-refractivity contribution is 9.10. The third kappa shape index (κ3) is 4.29. The number of nitro benzene ring substituents is 1. The molecule has 0 bridgehead atoms. The molecule has 0 spiro atoms. The predicted molar refractivity (Wildman–Crippen MR) is 110 cm³/mol. The van der Waals surface area contributed by atoms with Crippen LogP contribution in [0.3, 0.4) is 0 Å². The maximum atomic E-state index is 13.4. The fraction of sp³-hybridized carbons (Fsp3) is 0.350. The molecular formula is C20H21BrN2O6. The minimum Gasteiger partial charge on any atom is -0.493 e. The Morgan fingerprint density at radius 2 is 1.86 bits per heavy atom. The SMILES string of the molecule is COc1cc(C(=O)N(Cc2cccc(Br)c2)C2CC2)c([N+](=O)[O-])c(OC)c1OC. The molecule has 0 unspecified atom stereocenters. The number of rotatable bonds is 8. The molecule has 1 amide bonds. The summed E-state index contributed by atoms with van der Waals surface area (Å²) in [7, 11) is 4.05. The van der Waals surface area contributed by atoms with Gasteiger partial charge in [-0.05, 0) is 30.5 Å². The quantitative estimate of drug-likeness (QED) is 0.429. The summed E-state index contributed by atoms with van der Waals surface area (Å²) < 4.78 is 16.6. The lowest BCUT2D eigenvalue weighted by Gasteiger charge is -2.24. The van der Waals surface area contributed by atoms with Crippen LogP contribution in [-0.2, 0) is 6.54 Å².